The fourth-order valence-electron chi connectivity index (χ4n) is 1.82. The van der Waals surface area contributed by atoms with Gasteiger partial charge < -0.3 is 10.6 Å². The lowest BCUT2D eigenvalue weighted by Crippen LogP contribution is -2.25. The summed E-state index contributed by atoms with van der Waals surface area (Å²) in [6.45, 7) is 8.24. The summed E-state index contributed by atoms with van der Waals surface area (Å²) in [6, 6.07) is 4.20. The Bertz CT molecular complexity index is 327. The van der Waals surface area contributed by atoms with Crippen LogP contribution in [0.5, 0.6) is 0 Å². The zero-order chi connectivity index (χ0) is 12.8. The van der Waals surface area contributed by atoms with Crippen molar-refractivity contribution < 1.29 is 0 Å². The Morgan fingerprint density at radius 2 is 2.06 bits per heavy atom. The second kappa shape index (κ2) is 6.60. The van der Waals surface area contributed by atoms with Crippen LogP contribution in [0.3, 0.4) is 0 Å². The molecule has 1 unspecified atom stereocenters. The van der Waals surface area contributed by atoms with Gasteiger partial charge in [-0.2, -0.15) is 0 Å². The summed E-state index contributed by atoms with van der Waals surface area (Å²) in [5.41, 5.74) is 8.02. The molecule has 0 saturated carbocycles. The van der Waals surface area contributed by atoms with Gasteiger partial charge in [-0.15, -0.1) is 0 Å². The number of hydrogen-bond acceptors (Lipinski definition) is 3. The van der Waals surface area contributed by atoms with Gasteiger partial charge in [-0.3, -0.25) is 0 Å². The molecule has 1 rings (SSSR count). The Morgan fingerprint density at radius 3 is 2.59 bits per heavy atom. The number of anilines is 1. The zero-order valence-corrected chi connectivity index (χ0v) is 11.5. The molecule has 0 fully saturated rings. The van der Waals surface area contributed by atoms with Crippen molar-refractivity contribution >= 4 is 5.82 Å². The summed E-state index contributed by atoms with van der Waals surface area (Å²) in [5.74, 6) is 1.73. The van der Waals surface area contributed by atoms with Crippen LogP contribution in [-0.2, 0) is 13.0 Å². The quantitative estimate of drug-likeness (QED) is 0.824. The van der Waals surface area contributed by atoms with E-state index in [-0.39, 0.29) is 0 Å². The van der Waals surface area contributed by atoms with Crippen LogP contribution >= 0.6 is 0 Å². The molecule has 1 aromatic rings. The average molecular weight is 235 g/mol. The molecule has 0 aliphatic heterocycles. The lowest BCUT2D eigenvalue weighted by Gasteiger charge is -2.22. The first kappa shape index (κ1) is 14.0. The molecule has 0 aromatic carbocycles. The van der Waals surface area contributed by atoms with Crippen molar-refractivity contribution in [1.29, 1.82) is 0 Å². The number of nitrogens with two attached hydrogens (primary N) is 1. The van der Waals surface area contributed by atoms with E-state index in [1.165, 1.54) is 12.0 Å². The van der Waals surface area contributed by atoms with E-state index in [4.69, 9.17) is 5.73 Å². The van der Waals surface area contributed by atoms with Crippen LogP contribution < -0.4 is 10.6 Å². The van der Waals surface area contributed by atoms with Crippen LogP contribution in [0.1, 0.15) is 38.4 Å². The molecule has 3 nitrogen and oxygen atoms in total. The number of aromatic nitrogens is 1. The van der Waals surface area contributed by atoms with E-state index in [0.717, 1.165) is 24.5 Å². The minimum absolute atomic E-state index is 0.583. The van der Waals surface area contributed by atoms with Gasteiger partial charge in [0.1, 0.15) is 5.82 Å². The summed E-state index contributed by atoms with van der Waals surface area (Å²) < 4.78 is 0. The molecule has 0 radical (unpaired) electrons. The highest BCUT2D eigenvalue weighted by atomic mass is 15.2. The van der Waals surface area contributed by atoms with Crippen LogP contribution in [0.2, 0.25) is 0 Å². The minimum Gasteiger partial charge on any atom is -0.359 e. The van der Waals surface area contributed by atoms with Crippen molar-refractivity contribution in [2.75, 3.05) is 18.5 Å². The largest absolute Gasteiger partial charge is 0.359 e. The maximum absolute atomic E-state index is 5.72. The van der Waals surface area contributed by atoms with Crippen LogP contribution in [0.25, 0.3) is 0 Å². The third kappa shape index (κ3) is 4.00. The van der Waals surface area contributed by atoms with Gasteiger partial charge in [0.15, 0.2) is 0 Å². The average Bonchev–Trinajstić information content (AvgIpc) is 2.37. The predicted molar refractivity (Wildman–Crippen MR) is 74.2 cm³/mol. The van der Waals surface area contributed by atoms with Crippen molar-refractivity contribution in [3.63, 3.8) is 0 Å². The van der Waals surface area contributed by atoms with Crippen LogP contribution in [0.4, 0.5) is 5.82 Å². The Labute approximate surface area is 105 Å². The molecule has 0 aliphatic carbocycles. The smallest absolute Gasteiger partial charge is 0.128 e. The van der Waals surface area contributed by atoms with E-state index in [2.05, 4.69) is 49.8 Å². The Kier molecular flexibility index (Phi) is 5.42. The molecular formula is C14H25N3. The molecule has 1 aromatic heterocycles. The standard InChI is InChI=1S/C14H25N3/c1-5-11(3)10-17(4)14-8-12(9-15)7-13(6-2)16-14/h7-8,11H,5-6,9-10,15H2,1-4H3. The number of pyridine rings is 1. The number of nitrogens with zero attached hydrogens (tertiary/aromatic N) is 2. The normalized spacial score (nSPS) is 12.5. The van der Waals surface area contributed by atoms with Crippen molar-refractivity contribution in [1.82, 2.24) is 4.98 Å². The fraction of sp³-hybridized carbons (Fsp3) is 0.643. The van der Waals surface area contributed by atoms with E-state index in [0.29, 0.717) is 12.5 Å². The predicted octanol–water partition coefficient (Wildman–Crippen LogP) is 2.59. The second-order valence-electron chi connectivity index (χ2n) is 4.78. The second-order valence-corrected chi connectivity index (χ2v) is 4.78. The van der Waals surface area contributed by atoms with E-state index in [9.17, 15) is 0 Å². The number of rotatable bonds is 6. The number of hydrogen-bond donors (Lipinski definition) is 1. The van der Waals surface area contributed by atoms with Crippen molar-refractivity contribution in [3.05, 3.63) is 23.4 Å². The van der Waals surface area contributed by atoms with Crippen LogP contribution in [-0.4, -0.2) is 18.6 Å². The van der Waals surface area contributed by atoms with Crippen molar-refractivity contribution in [3.8, 4) is 0 Å². The Morgan fingerprint density at radius 1 is 1.35 bits per heavy atom. The SMILES string of the molecule is CCc1cc(CN)cc(N(C)CC(C)CC)n1. The molecule has 0 bridgehead atoms. The van der Waals surface area contributed by atoms with Crippen LogP contribution in [0.15, 0.2) is 12.1 Å². The maximum Gasteiger partial charge on any atom is 0.128 e. The van der Waals surface area contributed by atoms with E-state index in [1.807, 2.05) is 0 Å². The van der Waals surface area contributed by atoms with Gasteiger partial charge in [0, 0.05) is 25.8 Å². The van der Waals surface area contributed by atoms with E-state index >= 15 is 0 Å². The van der Waals surface area contributed by atoms with Gasteiger partial charge >= 0.3 is 0 Å². The first-order valence-electron chi connectivity index (χ1n) is 6.51. The monoisotopic (exact) mass is 235 g/mol. The Hall–Kier alpha value is -1.09. The molecule has 2 N–H and O–H groups in total. The summed E-state index contributed by atoms with van der Waals surface area (Å²) >= 11 is 0. The lowest BCUT2D eigenvalue weighted by atomic mass is 10.1. The summed E-state index contributed by atoms with van der Waals surface area (Å²) in [5, 5.41) is 0. The maximum atomic E-state index is 5.72. The molecular weight excluding hydrogens is 210 g/mol. The first-order valence-corrected chi connectivity index (χ1v) is 6.51. The number of aryl methyl sites for hydroxylation is 1. The molecule has 17 heavy (non-hydrogen) atoms. The molecule has 1 atom stereocenters. The molecule has 0 saturated heterocycles. The highest BCUT2D eigenvalue weighted by Gasteiger charge is 2.08. The summed E-state index contributed by atoms with van der Waals surface area (Å²) in [6.07, 6.45) is 2.15. The molecule has 0 amide bonds. The third-order valence-corrected chi connectivity index (χ3v) is 3.20. The molecule has 0 aliphatic rings. The Balaban J connectivity index is 2.88. The minimum atomic E-state index is 0.583. The van der Waals surface area contributed by atoms with Crippen molar-refractivity contribution in [2.24, 2.45) is 11.7 Å². The van der Waals surface area contributed by atoms with Gasteiger partial charge in [-0.1, -0.05) is 27.2 Å². The molecule has 1 heterocycles. The van der Waals surface area contributed by atoms with Crippen molar-refractivity contribution in [2.45, 2.75) is 40.2 Å². The fourth-order valence-corrected chi connectivity index (χ4v) is 1.82. The zero-order valence-electron chi connectivity index (χ0n) is 11.5. The van der Waals surface area contributed by atoms with Crippen LogP contribution in [0, 0.1) is 5.92 Å². The lowest BCUT2D eigenvalue weighted by molar-refractivity contribution is 0.557. The topological polar surface area (TPSA) is 42.1 Å². The van der Waals surface area contributed by atoms with Gasteiger partial charge in [-0.25, -0.2) is 4.98 Å². The van der Waals surface area contributed by atoms with E-state index < -0.39 is 0 Å². The van der Waals surface area contributed by atoms with Gasteiger partial charge in [0.25, 0.3) is 0 Å². The first-order chi connectivity index (χ1) is 8.10. The highest BCUT2D eigenvalue weighted by Crippen LogP contribution is 2.16. The highest BCUT2D eigenvalue weighted by molar-refractivity contribution is 5.42. The third-order valence-electron chi connectivity index (χ3n) is 3.20. The molecule has 3 heteroatoms. The van der Waals surface area contributed by atoms with Gasteiger partial charge in [-0.05, 0) is 30.0 Å². The van der Waals surface area contributed by atoms with Gasteiger partial charge in [0.2, 0.25) is 0 Å². The summed E-state index contributed by atoms with van der Waals surface area (Å²) in [4.78, 5) is 6.89. The molecule has 96 valence electrons. The molecule has 0 spiro atoms. The van der Waals surface area contributed by atoms with Gasteiger partial charge in [0.05, 0.1) is 0 Å². The summed E-state index contributed by atoms with van der Waals surface area (Å²) in [7, 11) is 2.11. The van der Waals surface area contributed by atoms with E-state index in [1.54, 1.807) is 0 Å².